The van der Waals surface area contributed by atoms with Crippen molar-refractivity contribution in [1.82, 2.24) is 5.32 Å². The molecule has 2 aromatic carbocycles. The normalized spacial score (nSPS) is 19.5. The van der Waals surface area contributed by atoms with E-state index >= 15 is 0 Å². The van der Waals surface area contributed by atoms with Crippen LogP contribution in [0.3, 0.4) is 0 Å². The predicted molar refractivity (Wildman–Crippen MR) is 88.3 cm³/mol. The van der Waals surface area contributed by atoms with Gasteiger partial charge in [0.05, 0.1) is 17.1 Å². The van der Waals surface area contributed by atoms with Gasteiger partial charge in [0.1, 0.15) is 0 Å². The van der Waals surface area contributed by atoms with Crippen LogP contribution in [0.4, 0.5) is 5.69 Å². The lowest BCUT2D eigenvalue weighted by atomic mass is 9.92. The molecule has 1 aliphatic carbocycles. The Kier molecular flexibility index (Phi) is 4.41. The number of aliphatic hydroxyl groups is 1. The fraction of sp³-hybridized carbons (Fsp3) is 0.333. The Morgan fingerprint density at radius 3 is 2.61 bits per heavy atom. The summed E-state index contributed by atoms with van der Waals surface area (Å²) in [5.41, 5.74) is 3.27. The standard InChI is InChI=1S/C18H20N2O3/c21-13-18(11-9-15-3-1-2-4-17(15)18)19-12-10-14-5-7-16(8-6-14)20(22)23/h1-8,19,21H,9-13H2. The van der Waals surface area contributed by atoms with E-state index in [4.69, 9.17) is 0 Å². The quantitative estimate of drug-likeness (QED) is 0.635. The lowest BCUT2D eigenvalue weighted by molar-refractivity contribution is -0.384. The Morgan fingerprint density at radius 1 is 1.17 bits per heavy atom. The van der Waals surface area contributed by atoms with E-state index in [0.717, 1.165) is 24.8 Å². The van der Waals surface area contributed by atoms with E-state index in [-0.39, 0.29) is 17.8 Å². The third-order valence-electron chi connectivity index (χ3n) is 4.65. The van der Waals surface area contributed by atoms with Crippen molar-refractivity contribution in [2.45, 2.75) is 24.8 Å². The first-order valence-electron chi connectivity index (χ1n) is 7.82. The smallest absolute Gasteiger partial charge is 0.269 e. The van der Waals surface area contributed by atoms with Crippen LogP contribution in [0, 0.1) is 10.1 Å². The molecule has 1 atom stereocenters. The second-order valence-corrected chi connectivity index (χ2v) is 6.00. The van der Waals surface area contributed by atoms with Gasteiger partial charge in [-0.1, -0.05) is 36.4 Å². The number of fused-ring (bicyclic) bond motifs is 1. The van der Waals surface area contributed by atoms with E-state index in [0.29, 0.717) is 6.54 Å². The molecule has 1 aliphatic rings. The highest BCUT2D eigenvalue weighted by atomic mass is 16.6. The number of hydrogen-bond acceptors (Lipinski definition) is 4. The van der Waals surface area contributed by atoms with Crippen LogP contribution in [-0.2, 0) is 18.4 Å². The highest BCUT2D eigenvalue weighted by Crippen LogP contribution is 2.36. The first-order chi connectivity index (χ1) is 11.1. The van der Waals surface area contributed by atoms with E-state index in [9.17, 15) is 15.2 Å². The highest BCUT2D eigenvalue weighted by Gasteiger charge is 2.37. The van der Waals surface area contributed by atoms with Crippen molar-refractivity contribution in [3.05, 3.63) is 75.3 Å². The number of nitrogens with zero attached hydrogens (tertiary/aromatic N) is 1. The Morgan fingerprint density at radius 2 is 1.91 bits per heavy atom. The number of aliphatic hydroxyl groups excluding tert-OH is 1. The Balaban J connectivity index is 1.64. The van der Waals surface area contributed by atoms with Crippen LogP contribution in [0.25, 0.3) is 0 Å². The molecule has 3 rings (SSSR count). The number of nitro groups is 1. The average Bonchev–Trinajstić information content (AvgIpc) is 2.95. The summed E-state index contributed by atoms with van der Waals surface area (Å²) in [5, 5.41) is 24.1. The van der Waals surface area contributed by atoms with Crippen LogP contribution >= 0.6 is 0 Å². The average molecular weight is 312 g/mol. The van der Waals surface area contributed by atoms with Crippen LogP contribution in [0.1, 0.15) is 23.1 Å². The van der Waals surface area contributed by atoms with Crippen molar-refractivity contribution in [2.75, 3.05) is 13.2 Å². The molecule has 5 heteroatoms. The van der Waals surface area contributed by atoms with Crippen molar-refractivity contribution >= 4 is 5.69 Å². The highest BCUT2D eigenvalue weighted by molar-refractivity contribution is 5.39. The van der Waals surface area contributed by atoms with Gasteiger partial charge in [-0.05, 0) is 36.0 Å². The summed E-state index contributed by atoms with van der Waals surface area (Å²) >= 11 is 0. The Labute approximate surface area is 135 Å². The maximum Gasteiger partial charge on any atom is 0.269 e. The van der Waals surface area contributed by atoms with Crippen molar-refractivity contribution in [2.24, 2.45) is 0 Å². The van der Waals surface area contributed by atoms with Gasteiger partial charge in [0.15, 0.2) is 0 Å². The van der Waals surface area contributed by atoms with Crippen LogP contribution in [-0.4, -0.2) is 23.2 Å². The summed E-state index contributed by atoms with van der Waals surface area (Å²) in [6.45, 7) is 0.789. The summed E-state index contributed by atoms with van der Waals surface area (Å²) in [6.07, 6.45) is 2.63. The van der Waals surface area contributed by atoms with E-state index in [2.05, 4.69) is 17.4 Å². The van der Waals surface area contributed by atoms with Gasteiger partial charge in [-0.2, -0.15) is 0 Å². The zero-order valence-corrected chi connectivity index (χ0v) is 12.9. The van der Waals surface area contributed by atoms with Gasteiger partial charge in [-0.15, -0.1) is 0 Å². The molecular weight excluding hydrogens is 292 g/mol. The summed E-state index contributed by atoms with van der Waals surface area (Å²) in [4.78, 5) is 10.3. The minimum absolute atomic E-state index is 0.0737. The van der Waals surface area contributed by atoms with Crippen molar-refractivity contribution in [3.8, 4) is 0 Å². The molecule has 1 unspecified atom stereocenters. The molecule has 0 aromatic heterocycles. The second kappa shape index (κ2) is 6.48. The molecule has 5 nitrogen and oxygen atoms in total. The van der Waals surface area contributed by atoms with Crippen molar-refractivity contribution in [3.63, 3.8) is 0 Å². The fourth-order valence-corrected chi connectivity index (χ4v) is 3.32. The number of rotatable bonds is 6. The second-order valence-electron chi connectivity index (χ2n) is 6.00. The summed E-state index contributed by atoms with van der Waals surface area (Å²) in [7, 11) is 0. The molecule has 0 saturated heterocycles. The van der Waals surface area contributed by atoms with Crippen LogP contribution in [0.2, 0.25) is 0 Å². The largest absolute Gasteiger partial charge is 0.394 e. The SMILES string of the molecule is O=[N+]([O-])c1ccc(CCNC2(CO)CCc3ccccc32)cc1. The van der Waals surface area contributed by atoms with Gasteiger partial charge < -0.3 is 10.4 Å². The molecule has 23 heavy (non-hydrogen) atoms. The number of nitro benzene ring substituents is 1. The van der Waals surface area contributed by atoms with Gasteiger partial charge >= 0.3 is 0 Å². The Bertz CT molecular complexity index is 700. The van der Waals surface area contributed by atoms with Gasteiger partial charge in [0.2, 0.25) is 0 Å². The van der Waals surface area contributed by atoms with Crippen LogP contribution in [0.5, 0.6) is 0 Å². The van der Waals surface area contributed by atoms with Crippen molar-refractivity contribution in [1.29, 1.82) is 0 Å². The number of aryl methyl sites for hydroxylation is 1. The maximum absolute atomic E-state index is 10.7. The summed E-state index contributed by atoms with van der Waals surface area (Å²) < 4.78 is 0. The molecule has 2 N–H and O–H groups in total. The minimum Gasteiger partial charge on any atom is -0.394 e. The summed E-state index contributed by atoms with van der Waals surface area (Å²) in [6, 6.07) is 14.9. The van der Waals surface area contributed by atoms with E-state index in [1.807, 2.05) is 12.1 Å². The van der Waals surface area contributed by atoms with Crippen molar-refractivity contribution < 1.29 is 10.0 Å². The molecule has 0 saturated carbocycles. The first kappa shape index (κ1) is 15.6. The monoisotopic (exact) mass is 312 g/mol. The predicted octanol–water partition coefficient (Wildman–Crippen LogP) is 2.56. The third kappa shape index (κ3) is 3.11. The lowest BCUT2D eigenvalue weighted by Gasteiger charge is -2.30. The molecule has 0 radical (unpaired) electrons. The van der Waals surface area contributed by atoms with Crippen LogP contribution < -0.4 is 5.32 Å². The van der Waals surface area contributed by atoms with Gasteiger partial charge in [-0.3, -0.25) is 10.1 Å². The molecule has 0 amide bonds. The zero-order chi connectivity index (χ0) is 16.3. The van der Waals surface area contributed by atoms with E-state index in [1.54, 1.807) is 12.1 Å². The number of non-ortho nitro benzene ring substituents is 1. The van der Waals surface area contributed by atoms with Crippen LogP contribution in [0.15, 0.2) is 48.5 Å². The number of nitrogens with one attached hydrogen (secondary N) is 1. The van der Waals surface area contributed by atoms with Gasteiger partial charge in [0, 0.05) is 18.7 Å². The molecule has 0 aliphatic heterocycles. The molecule has 0 spiro atoms. The molecule has 0 heterocycles. The molecule has 0 bridgehead atoms. The molecular formula is C18H20N2O3. The topological polar surface area (TPSA) is 75.4 Å². The van der Waals surface area contributed by atoms with E-state index in [1.165, 1.54) is 23.3 Å². The van der Waals surface area contributed by atoms with E-state index < -0.39 is 4.92 Å². The van der Waals surface area contributed by atoms with Gasteiger partial charge in [0.25, 0.3) is 5.69 Å². The Hall–Kier alpha value is -2.24. The molecule has 120 valence electrons. The third-order valence-corrected chi connectivity index (χ3v) is 4.65. The minimum atomic E-state index is -0.391. The lowest BCUT2D eigenvalue weighted by Crippen LogP contribution is -2.44. The fourth-order valence-electron chi connectivity index (χ4n) is 3.32. The maximum atomic E-state index is 10.7. The molecule has 2 aromatic rings. The first-order valence-corrected chi connectivity index (χ1v) is 7.82. The molecule has 0 fully saturated rings. The summed E-state index contributed by atoms with van der Waals surface area (Å²) in [5.74, 6) is 0. The number of benzene rings is 2. The van der Waals surface area contributed by atoms with Gasteiger partial charge in [-0.25, -0.2) is 0 Å². The number of hydrogen-bond donors (Lipinski definition) is 2. The zero-order valence-electron chi connectivity index (χ0n) is 12.9.